The van der Waals surface area contributed by atoms with Gasteiger partial charge >= 0.3 is 0 Å². The maximum atomic E-state index is 11.1. The molecule has 18 heavy (non-hydrogen) atoms. The summed E-state index contributed by atoms with van der Waals surface area (Å²) in [5.41, 5.74) is 2.04. The lowest BCUT2D eigenvalue weighted by molar-refractivity contribution is 0.602. The molecule has 0 unspecified atom stereocenters. The van der Waals surface area contributed by atoms with Gasteiger partial charge in [-0.25, -0.2) is 13.5 Å². The third kappa shape index (κ3) is 2.49. The fourth-order valence-corrected chi connectivity index (χ4v) is 2.00. The van der Waals surface area contributed by atoms with Crippen LogP contribution in [0, 0.1) is 6.92 Å². The van der Waals surface area contributed by atoms with E-state index in [9.17, 15) is 8.42 Å². The number of aromatic amines is 1. The first-order chi connectivity index (χ1) is 8.41. The minimum atomic E-state index is -3.91. The molecule has 0 radical (unpaired) electrons. The lowest BCUT2D eigenvalue weighted by atomic mass is 10.1. The van der Waals surface area contributed by atoms with Crippen molar-refractivity contribution >= 4 is 19.7 Å². The molecule has 0 aliphatic carbocycles. The van der Waals surface area contributed by atoms with E-state index in [1.54, 1.807) is 13.0 Å². The van der Waals surface area contributed by atoms with Crippen LogP contribution in [-0.4, -0.2) is 33.8 Å². The van der Waals surface area contributed by atoms with Crippen LogP contribution in [0.5, 0.6) is 0 Å². The quantitative estimate of drug-likeness (QED) is 0.847. The fourth-order valence-electron chi connectivity index (χ4n) is 1.45. The molecule has 2 aromatic heterocycles. The molecular formula is C9H10ClN5O2S. The molecule has 0 fully saturated rings. The van der Waals surface area contributed by atoms with Crippen LogP contribution in [0.4, 0.5) is 0 Å². The van der Waals surface area contributed by atoms with Gasteiger partial charge in [0.2, 0.25) is 0 Å². The van der Waals surface area contributed by atoms with Gasteiger partial charge in [-0.1, -0.05) is 6.92 Å². The van der Waals surface area contributed by atoms with Crippen molar-refractivity contribution in [2.75, 3.05) is 0 Å². The second-order valence-electron chi connectivity index (χ2n) is 3.60. The average molecular weight is 288 g/mol. The topological polar surface area (TPSA) is 101 Å². The number of aromatic nitrogens is 5. The summed E-state index contributed by atoms with van der Waals surface area (Å²) in [6.07, 6.45) is 0.639. The highest BCUT2D eigenvalue weighted by Crippen LogP contribution is 2.21. The smallest absolute Gasteiger partial charge is 0.248 e. The van der Waals surface area contributed by atoms with Crippen LogP contribution < -0.4 is 0 Å². The largest absolute Gasteiger partial charge is 0.296 e. The molecule has 7 nitrogen and oxygen atoms in total. The summed E-state index contributed by atoms with van der Waals surface area (Å²) in [5.74, 6) is 0.240. The van der Waals surface area contributed by atoms with Crippen molar-refractivity contribution in [3.8, 4) is 11.4 Å². The number of nitrogens with one attached hydrogen (secondary N) is 1. The van der Waals surface area contributed by atoms with E-state index in [2.05, 4.69) is 25.4 Å². The van der Waals surface area contributed by atoms with Crippen LogP contribution in [0.1, 0.15) is 18.3 Å². The first-order valence-corrected chi connectivity index (χ1v) is 7.43. The number of hydrogen-bond donors (Lipinski definition) is 1. The van der Waals surface area contributed by atoms with Crippen LogP contribution >= 0.6 is 10.7 Å². The first kappa shape index (κ1) is 12.9. The predicted octanol–water partition coefficient (Wildman–Crippen LogP) is 1.06. The Morgan fingerprint density at radius 2 is 2.11 bits per heavy atom. The van der Waals surface area contributed by atoms with E-state index in [1.807, 2.05) is 6.92 Å². The summed E-state index contributed by atoms with van der Waals surface area (Å²) >= 11 is 0. The van der Waals surface area contributed by atoms with Gasteiger partial charge in [-0.2, -0.15) is 20.3 Å². The van der Waals surface area contributed by atoms with Gasteiger partial charge in [-0.05, 0) is 19.4 Å². The molecule has 96 valence electrons. The summed E-state index contributed by atoms with van der Waals surface area (Å²) < 4.78 is 22.2. The van der Waals surface area contributed by atoms with Gasteiger partial charge in [0.05, 0.1) is 11.4 Å². The van der Waals surface area contributed by atoms with Crippen LogP contribution in [0.3, 0.4) is 0 Å². The molecule has 9 heteroatoms. The normalized spacial score (nSPS) is 11.7. The van der Waals surface area contributed by atoms with Crippen molar-refractivity contribution in [3.63, 3.8) is 0 Å². The maximum Gasteiger partial charge on any atom is 0.296 e. The fraction of sp³-hybridized carbons (Fsp3) is 0.333. The highest BCUT2D eigenvalue weighted by Gasteiger charge is 2.18. The molecule has 0 amide bonds. The Morgan fingerprint density at radius 1 is 1.39 bits per heavy atom. The van der Waals surface area contributed by atoms with Gasteiger partial charge in [0.1, 0.15) is 0 Å². The van der Waals surface area contributed by atoms with Crippen LogP contribution in [0.2, 0.25) is 0 Å². The minimum Gasteiger partial charge on any atom is -0.248 e. The Hall–Kier alpha value is -1.54. The molecule has 2 rings (SSSR count). The van der Waals surface area contributed by atoms with Crippen molar-refractivity contribution in [2.24, 2.45) is 0 Å². The molecule has 0 bridgehead atoms. The monoisotopic (exact) mass is 287 g/mol. The highest BCUT2D eigenvalue weighted by atomic mass is 35.7. The summed E-state index contributed by atoms with van der Waals surface area (Å²) in [7, 11) is 1.26. The van der Waals surface area contributed by atoms with Gasteiger partial charge in [0.15, 0.2) is 5.82 Å². The van der Waals surface area contributed by atoms with Crippen molar-refractivity contribution in [3.05, 3.63) is 17.5 Å². The van der Waals surface area contributed by atoms with E-state index >= 15 is 0 Å². The third-order valence-corrected chi connectivity index (χ3v) is 3.35. The van der Waals surface area contributed by atoms with E-state index in [4.69, 9.17) is 10.7 Å². The molecule has 0 spiro atoms. The van der Waals surface area contributed by atoms with Crippen molar-refractivity contribution in [2.45, 2.75) is 25.4 Å². The molecule has 1 N–H and O–H groups in total. The van der Waals surface area contributed by atoms with E-state index in [0.717, 1.165) is 0 Å². The summed E-state index contributed by atoms with van der Waals surface area (Å²) in [4.78, 5) is 3.85. The molecule has 0 aliphatic heterocycles. The second-order valence-corrected chi connectivity index (χ2v) is 6.08. The Bertz CT molecular complexity index is 682. The standard InChI is InChI=1S/C9H10ClN5O2S/c1-3-7-6(4-5(2)12-13-7)8-11-9(15-14-8)18(10,16)17/h4H,3H2,1-2H3,(H,11,14,15). The zero-order valence-corrected chi connectivity index (χ0v) is 11.2. The highest BCUT2D eigenvalue weighted by molar-refractivity contribution is 8.13. The van der Waals surface area contributed by atoms with Gasteiger partial charge in [-0.15, -0.1) is 0 Å². The summed E-state index contributed by atoms with van der Waals surface area (Å²) in [6.45, 7) is 3.69. The Morgan fingerprint density at radius 3 is 2.67 bits per heavy atom. The molecule has 2 heterocycles. The summed E-state index contributed by atoms with van der Waals surface area (Å²) in [6, 6.07) is 1.75. The first-order valence-electron chi connectivity index (χ1n) is 5.12. The minimum absolute atomic E-state index is 0.240. The van der Waals surface area contributed by atoms with Crippen LogP contribution in [0.25, 0.3) is 11.4 Å². The lowest BCUT2D eigenvalue weighted by Gasteiger charge is -2.02. The van der Waals surface area contributed by atoms with Gasteiger partial charge in [0.25, 0.3) is 14.2 Å². The third-order valence-electron chi connectivity index (χ3n) is 2.26. The molecule has 0 aromatic carbocycles. The van der Waals surface area contributed by atoms with Gasteiger partial charge < -0.3 is 0 Å². The predicted molar refractivity (Wildman–Crippen MR) is 64.6 cm³/mol. The maximum absolute atomic E-state index is 11.1. The molecule has 0 atom stereocenters. The van der Waals surface area contributed by atoms with Crippen molar-refractivity contribution < 1.29 is 8.42 Å². The number of nitrogens with zero attached hydrogens (tertiary/aromatic N) is 4. The number of H-pyrrole nitrogens is 1. The van der Waals surface area contributed by atoms with E-state index in [0.29, 0.717) is 23.4 Å². The van der Waals surface area contributed by atoms with E-state index in [-0.39, 0.29) is 11.0 Å². The molecule has 0 aliphatic rings. The second kappa shape index (κ2) is 4.62. The Labute approximate surface area is 108 Å². The van der Waals surface area contributed by atoms with Crippen LogP contribution in [-0.2, 0) is 15.5 Å². The zero-order valence-electron chi connectivity index (χ0n) is 9.68. The summed E-state index contributed by atoms with van der Waals surface area (Å²) in [5, 5.41) is 13.7. The van der Waals surface area contributed by atoms with E-state index < -0.39 is 9.05 Å². The van der Waals surface area contributed by atoms with Crippen molar-refractivity contribution in [1.82, 2.24) is 25.4 Å². The molecule has 0 saturated carbocycles. The lowest BCUT2D eigenvalue weighted by Crippen LogP contribution is -1.98. The van der Waals surface area contributed by atoms with Crippen molar-refractivity contribution in [1.29, 1.82) is 0 Å². The molecule has 2 aromatic rings. The SMILES string of the molecule is CCc1nnc(C)cc1-c1n[nH]c(S(=O)(=O)Cl)n1. The van der Waals surface area contributed by atoms with Gasteiger partial charge in [0, 0.05) is 16.2 Å². The Kier molecular flexibility index (Phi) is 3.31. The molecule has 0 saturated heterocycles. The van der Waals surface area contributed by atoms with Gasteiger partial charge in [-0.3, -0.25) is 0 Å². The average Bonchev–Trinajstić information content (AvgIpc) is 2.77. The number of rotatable bonds is 3. The van der Waals surface area contributed by atoms with Crippen LogP contribution in [0.15, 0.2) is 11.2 Å². The number of hydrogen-bond acceptors (Lipinski definition) is 6. The molecular weight excluding hydrogens is 278 g/mol. The zero-order chi connectivity index (χ0) is 13.3. The Balaban J connectivity index is 2.55. The number of aryl methyl sites for hydroxylation is 2. The number of halogens is 1. The van der Waals surface area contributed by atoms with E-state index in [1.165, 1.54) is 0 Å².